The van der Waals surface area contributed by atoms with Gasteiger partial charge in [-0.1, -0.05) is 0 Å². The predicted octanol–water partition coefficient (Wildman–Crippen LogP) is 0.937. The first-order valence-corrected chi connectivity index (χ1v) is 3.97. The van der Waals surface area contributed by atoms with Crippen molar-refractivity contribution in [1.29, 1.82) is 0 Å². The second kappa shape index (κ2) is 2.90. The molecule has 0 fully saturated rings. The Morgan fingerprint density at radius 2 is 2.00 bits per heavy atom. The third-order valence-electron chi connectivity index (χ3n) is 1.21. The first-order valence-electron chi connectivity index (χ1n) is 2.76. The summed E-state index contributed by atoms with van der Waals surface area (Å²) >= 11 is 2.92. The number of hydrogen-bond donors (Lipinski definition) is 1. The Labute approximate surface area is 63.1 Å². The predicted molar refractivity (Wildman–Crippen MR) is 40.3 cm³/mol. The zero-order valence-corrected chi connectivity index (χ0v) is 6.72. The van der Waals surface area contributed by atoms with Gasteiger partial charge in [-0.25, -0.2) is 0 Å². The van der Waals surface area contributed by atoms with Gasteiger partial charge >= 0.3 is 62.6 Å². The third-order valence-corrected chi connectivity index (χ3v) is 1.86. The van der Waals surface area contributed by atoms with Gasteiger partial charge in [-0.2, -0.15) is 0 Å². The van der Waals surface area contributed by atoms with Crippen molar-refractivity contribution in [2.75, 3.05) is 5.73 Å². The van der Waals surface area contributed by atoms with Crippen LogP contribution in [0.15, 0.2) is 24.3 Å². The number of rotatable bonds is 1. The molecule has 47 valence electrons. The van der Waals surface area contributed by atoms with Gasteiger partial charge in [0.15, 0.2) is 0 Å². The standard InChI is InChI=1S/C7H8NSe/c8-7-4-2-1-3-6(7)5-9/h1-4H,5,8H2. The molecule has 9 heavy (non-hydrogen) atoms. The van der Waals surface area contributed by atoms with E-state index in [1.54, 1.807) is 0 Å². The van der Waals surface area contributed by atoms with Gasteiger partial charge in [0.05, 0.1) is 0 Å². The van der Waals surface area contributed by atoms with Crippen molar-refractivity contribution in [2.45, 2.75) is 5.32 Å². The van der Waals surface area contributed by atoms with Crippen LogP contribution in [-0.2, 0) is 5.32 Å². The molecule has 0 aliphatic rings. The molecule has 2 N–H and O–H groups in total. The first-order chi connectivity index (χ1) is 4.34. The molecular weight excluding hydrogens is 177 g/mol. The molecule has 1 nitrogen and oxygen atoms in total. The number of hydrogen-bond acceptors (Lipinski definition) is 1. The zero-order chi connectivity index (χ0) is 6.69. The summed E-state index contributed by atoms with van der Waals surface area (Å²) in [5.41, 5.74) is 7.66. The number of benzene rings is 1. The molecule has 0 bridgehead atoms. The van der Waals surface area contributed by atoms with Crippen LogP contribution in [0.4, 0.5) is 5.69 Å². The monoisotopic (exact) mass is 186 g/mol. The zero-order valence-electron chi connectivity index (χ0n) is 5.00. The molecule has 0 aliphatic heterocycles. The minimum atomic E-state index is 0.872. The fraction of sp³-hybridized carbons (Fsp3) is 0.143. The summed E-state index contributed by atoms with van der Waals surface area (Å²) in [6.45, 7) is 0. The SMILES string of the molecule is Nc1ccccc1C[Se]. The van der Waals surface area contributed by atoms with Gasteiger partial charge < -0.3 is 0 Å². The second-order valence-corrected chi connectivity index (χ2v) is 2.45. The summed E-state index contributed by atoms with van der Waals surface area (Å²) in [6.07, 6.45) is 0. The van der Waals surface area contributed by atoms with Crippen LogP contribution >= 0.6 is 0 Å². The quantitative estimate of drug-likeness (QED) is 0.511. The average Bonchev–Trinajstić information content (AvgIpc) is 1.89. The second-order valence-electron chi connectivity index (χ2n) is 1.84. The number of nitrogen functional groups attached to an aromatic ring is 1. The van der Waals surface area contributed by atoms with Crippen LogP contribution in [0.1, 0.15) is 5.56 Å². The Kier molecular flexibility index (Phi) is 2.15. The summed E-state index contributed by atoms with van der Waals surface area (Å²) in [4.78, 5) is 0. The number of para-hydroxylation sites is 1. The summed E-state index contributed by atoms with van der Waals surface area (Å²) < 4.78 is 0. The van der Waals surface area contributed by atoms with Crippen LogP contribution in [0.3, 0.4) is 0 Å². The molecule has 0 saturated heterocycles. The molecule has 0 saturated carbocycles. The van der Waals surface area contributed by atoms with Crippen molar-refractivity contribution in [3.8, 4) is 0 Å². The van der Waals surface area contributed by atoms with Crippen LogP contribution in [0.25, 0.3) is 0 Å². The van der Waals surface area contributed by atoms with Gasteiger partial charge in [-0.15, -0.1) is 0 Å². The van der Waals surface area contributed by atoms with Crippen LogP contribution in [0.5, 0.6) is 0 Å². The van der Waals surface area contributed by atoms with Gasteiger partial charge in [0, 0.05) is 0 Å². The van der Waals surface area contributed by atoms with Gasteiger partial charge in [-0.3, -0.25) is 0 Å². The molecule has 1 aromatic carbocycles. The Bertz CT molecular complexity index is 198. The van der Waals surface area contributed by atoms with E-state index in [1.165, 1.54) is 5.56 Å². The normalized spacial score (nSPS) is 9.44. The first kappa shape index (κ1) is 6.66. The van der Waals surface area contributed by atoms with Gasteiger partial charge in [0.25, 0.3) is 0 Å². The maximum atomic E-state index is 5.61. The van der Waals surface area contributed by atoms with Crippen LogP contribution in [-0.4, -0.2) is 16.0 Å². The molecule has 0 aliphatic carbocycles. The van der Waals surface area contributed by atoms with E-state index < -0.39 is 0 Å². The Balaban J connectivity index is 3.01. The van der Waals surface area contributed by atoms with Crippen LogP contribution in [0.2, 0.25) is 0 Å². The topological polar surface area (TPSA) is 26.0 Å². The fourth-order valence-corrected chi connectivity index (χ4v) is 1.22. The van der Waals surface area contributed by atoms with Crippen LogP contribution in [0, 0.1) is 0 Å². The van der Waals surface area contributed by atoms with Crippen LogP contribution < -0.4 is 5.73 Å². The van der Waals surface area contributed by atoms with Gasteiger partial charge in [0.1, 0.15) is 0 Å². The summed E-state index contributed by atoms with van der Waals surface area (Å²) in [7, 11) is 0. The van der Waals surface area contributed by atoms with Gasteiger partial charge in [0.2, 0.25) is 0 Å². The molecule has 1 aromatic rings. The summed E-state index contributed by atoms with van der Waals surface area (Å²) in [6, 6.07) is 7.86. The molecular formula is C7H8NSe. The van der Waals surface area contributed by atoms with E-state index in [0.717, 1.165) is 11.0 Å². The Morgan fingerprint density at radius 1 is 1.33 bits per heavy atom. The van der Waals surface area contributed by atoms with Crippen molar-refractivity contribution in [3.05, 3.63) is 29.8 Å². The van der Waals surface area contributed by atoms with Crippen molar-refractivity contribution in [2.24, 2.45) is 0 Å². The third kappa shape index (κ3) is 1.47. The molecule has 0 amide bonds. The van der Waals surface area contributed by atoms with E-state index in [9.17, 15) is 0 Å². The molecule has 0 atom stereocenters. The minimum absolute atomic E-state index is 0.872. The van der Waals surface area contributed by atoms with Crippen molar-refractivity contribution >= 4 is 21.7 Å². The Morgan fingerprint density at radius 3 is 2.44 bits per heavy atom. The van der Waals surface area contributed by atoms with Crippen molar-refractivity contribution in [1.82, 2.24) is 0 Å². The molecule has 0 spiro atoms. The number of anilines is 1. The van der Waals surface area contributed by atoms with E-state index in [0.29, 0.717) is 0 Å². The van der Waals surface area contributed by atoms with E-state index in [1.807, 2.05) is 24.3 Å². The molecule has 0 unspecified atom stereocenters. The van der Waals surface area contributed by atoms with Gasteiger partial charge in [-0.05, 0) is 0 Å². The Hall–Kier alpha value is -0.461. The van der Waals surface area contributed by atoms with Crippen molar-refractivity contribution < 1.29 is 0 Å². The molecule has 1 radical (unpaired) electrons. The van der Waals surface area contributed by atoms with E-state index in [2.05, 4.69) is 16.0 Å². The van der Waals surface area contributed by atoms with Crippen molar-refractivity contribution in [3.63, 3.8) is 0 Å². The molecule has 1 rings (SSSR count). The average molecular weight is 185 g/mol. The maximum absolute atomic E-state index is 5.61. The van der Waals surface area contributed by atoms with E-state index in [4.69, 9.17) is 5.73 Å². The summed E-state index contributed by atoms with van der Waals surface area (Å²) in [5, 5.41) is 0.896. The van der Waals surface area contributed by atoms with E-state index >= 15 is 0 Å². The fourth-order valence-electron chi connectivity index (χ4n) is 0.666. The molecule has 2 heteroatoms. The number of nitrogens with two attached hydrogens (primary N) is 1. The van der Waals surface area contributed by atoms with E-state index in [-0.39, 0.29) is 0 Å². The molecule has 0 aromatic heterocycles. The molecule has 0 heterocycles. The summed E-state index contributed by atoms with van der Waals surface area (Å²) in [5.74, 6) is 0.